The number of carbonyl (C=O) groups excluding carboxylic acids is 1. The van der Waals surface area contributed by atoms with Crippen molar-refractivity contribution in [1.29, 1.82) is 0 Å². The van der Waals surface area contributed by atoms with Crippen molar-refractivity contribution < 1.29 is 4.79 Å². The van der Waals surface area contributed by atoms with Gasteiger partial charge in [0.2, 0.25) is 5.91 Å². The number of likely N-dealkylation sites (N-methyl/N-ethyl adjacent to an activating group) is 2. The zero-order valence-corrected chi connectivity index (χ0v) is 12.2. The van der Waals surface area contributed by atoms with Gasteiger partial charge in [-0.1, -0.05) is 24.3 Å². The van der Waals surface area contributed by atoms with Crippen molar-refractivity contribution in [3.05, 3.63) is 35.4 Å². The second-order valence-electron chi connectivity index (χ2n) is 4.76. The number of hydrogen-bond donors (Lipinski definition) is 1. The van der Waals surface area contributed by atoms with Gasteiger partial charge in [0.15, 0.2) is 0 Å². The van der Waals surface area contributed by atoms with Gasteiger partial charge in [-0.25, -0.2) is 0 Å². The summed E-state index contributed by atoms with van der Waals surface area (Å²) in [5.74, 6) is 0.183. The van der Waals surface area contributed by atoms with Crippen LogP contribution < -0.4 is 5.73 Å². The third-order valence-corrected chi connectivity index (χ3v) is 3.20. The number of carbonyl (C=O) groups is 1. The second kappa shape index (κ2) is 7.92. The van der Waals surface area contributed by atoms with Gasteiger partial charge in [-0.2, -0.15) is 0 Å². The van der Waals surface area contributed by atoms with Crippen molar-refractivity contribution in [3.63, 3.8) is 0 Å². The summed E-state index contributed by atoms with van der Waals surface area (Å²) in [4.78, 5) is 15.9. The Labute approximate surface area is 116 Å². The maximum Gasteiger partial charge on any atom is 0.236 e. The Morgan fingerprint density at radius 2 is 1.84 bits per heavy atom. The van der Waals surface area contributed by atoms with E-state index in [1.54, 1.807) is 0 Å². The lowest BCUT2D eigenvalue weighted by Crippen LogP contribution is -2.38. The van der Waals surface area contributed by atoms with Gasteiger partial charge in [-0.15, -0.1) is 0 Å². The second-order valence-corrected chi connectivity index (χ2v) is 4.76. The lowest BCUT2D eigenvalue weighted by Gasteiger charge is -2.23. The van der Waals surface area contributed by atoms with Gasteiger partial charge in [-0.3, -0.25) is 9.69 Å². The van der Waals surface area contributed by atoms with Crippen LogP contribution in [0.25, 0.3) is 0 Å². The van der Waals surface area contributed by atoms with Crippen LogP contribution in [0.1, 0.15) is 25.0 Å². The van der Waals surface area contributed by atoms with E-state index in [0.29, 0.717) is 13.1 Å². The highest BCUT2D eigenvalue weighted by Gasteiger charge is 2.12. The normalized spacial score (nSPS) is 10.8. The van der Waals surface area contributed by atoms with Crippen molar-refractivity contribution in [2.75, 3.05) is 26.7 Å². The molecule has 0 fully saturated rings. The fourth-order valence-electron chi connectivity index (χ4n) is 2.13. The number of nitrogens with zero attached hydrogens (tertiary/aromatic N) is 2. The van der Waals surface area contributed by atoms with E-state index in [9.17, 15) is 4.79 Å². The maximum absolute atomic E-state index is 12.0. The molecule has 0 atom stereocenters. The quantitative estimate of drug-likeness (QED) is 0.810. The molecular weight excluding hydrogens is 238 g/mol. The molecule has 1 aromatic carbocycles. The molecule has 0 saturated carbocycles. The van der Waals surface area contributed by atoms with Crippen molar-refractivity contribution in [3.8, 4) is 0 Å². The average Bonchev–Trinajstić information content (AvgIpc) is 2.40. The van der Waals surface area contributed by atoms with E-state index in [-0.39, 0.29) is 5.91 Å². The molecule has 4 nitrogen and oxygen atoms in total. The lowest BCUT2D eigenvalue weighted by atomic mass is 10.1. The summed E-state index contributed by atoms with van der Waals surface area (Å²) in [7, 11) is 1.97. The van der Waals surface area contributed by atoms with Crippen molar-refractivity contribution in [2.24, 2.45) is 5.73 Å². The van der Waals surface area contributed by atoms with E-state index >= 15 is 0 Å². The monoisotopic (exact) mass is 263 g/mol. The first-order chi connectivity index (χ1) is 9.10. The van der Waals surface area contributed by atoms with Gasteiger partial charge in [0.1, 0.15) is 0 Å². The van der Waals surface area contributed by atoms with Crippen LogP contribution in [-0.4, -0.2) is 42.4 Å². The van der Waals surface area contributed by atoms with Gasteiger partial charge in [0.05, 0.1) is 6.54 Å². The van der Waals surface area contributed by atoms with Gasteiger partial charge >= 0.3 is 0 Å². The summed E-state index contributed by atoms with van der Waals surface area (Å²) >= 11 is 0. The zero-order valence-electron chi connectivity index (χ0n) is 12.2. The van der Waals surface area contributed by atoms with E-state index < -0.39 is 0 Å². The molecule has 19 heavy (non-hydrogen) atoms. The van der Waals surface area contributed by atoms with Gasteiger partial charge < -0.3 is 10.6 Å². The fourth-order valence-corrected chi connectivity index (χ4v) is 2.13. The fraction of sp³-hybridized carbons (Fsp3) is 0.533. The molecule has 0 unspecified atom stereocenters. The first-order valence-electron chi connectivity index (χ1n) is 6.84. The van der Waals surface area contributed by atoms with E-state index in [4.69, 9.17) is 5.73 Å². The molecule has 0 aliphatic heterocycles. The molecule has 0 radical (unpaired) electrons. The summed E-state index contributed by atoms with van der Waals surface area (Å²) in [5, 5.41) is 0. The van der Waals surface area contributed by atoms with Crippen molar-refractivity contribution in [2.45, 2.75) is 26.9 Å². The van der Waals surface area contributed by atoms with Gasteiger partial charge in [-0.05, 0) is 32.0 Å². The molecule has 0 aromatic heterocycles. The third kappa shape index (κ3) is 5.01. The molecule has 0 aliphatic carbocycles. The number of amides is 1. The Morgan fingerprint density at radius 1 is 1.21 bits per heavy atom. The summed E-state index contributed by atoms with van der Waals surface area (Å²) in [6, 6.07) is 8.19. The Morgan fingerprint density at radius 3 is 2.42 bits per heavy atom. The van der Waals surface area contributed by atoms with Crippen LogP contribution in [0.3, 0.4) is 0 Å². The standard InChI is InChI=1S/C15H25N3O/c1-4-18(5-2)15(19)12-17(3)11-14-8-6-7-13(9-14)10-16/h6-9H,4-5,10-12,16H2,1-3H3. The summed E-state index contributed by atoms with van der Waals surface area (Å²) in [6.45, 7) is 7.32. The van der Waals surface area contributed by atoms with Crippen LogP contribution in [0.4, 0.5) is 0 Å². The van der Waals surface area contributed by atoms with Crippen LogP contribution in [0.15, 0.2) is 24.3 Å². The van der Waals surface area contributed by atoms with Crippen LogP contribution >= 0.6 is 0 Å². The maximum atomic E-state index is 12.0. The smallest absolute Gasteiger partial charge is 0.236 e. The highest BCUT2D eigenvalue weighted by atomic mass is 16.2. The SMILES string of the molecule is CCN(CC)C(=O)CN(C)Cc1cccc(CN)c1. The molecule has 4 heteroatoms. The molecule has 0 aliphatic rings. The Balaban J connectivity index is 2.54. The largest absolute Gasteiger partial charge is 0.342 e. The molecule has 0 bridgehead atoms. The summed E-state index contributed by atoms with van der Waals surface area (Å²) < 4.78 is 0. The first-order valence-corrected chi connectivity index (χ1v) is 6.84. The highest BCUT2D eigenvalue weighted by molar-refractivity contribution is 5.78. The Bertz CT molecular complexity index is 402. The topological polar surface area (TPSA) is 49.6 Å². The van der Waals surface area contributed by atoms with Crippen LogP contribution in [-0.2, 0) is 17.9 Å². The van der Waals surface area contributed by atoms with Crippen molar-refractivity contribution >= 4 is 5.91 Å². The number of nitrogens with two attached hydrogens (primary N) is 1. The predicted octanol–water partition coefficient (Wildman–Crippen LogP) is 1.45. The molecule has 106 valence electrons. The molecule has 0 saturated heterocycles. The zero-order chi connectivity index (χ0) is 14.3. The molecule has 1 amide bonds. The molecule has 1 rings (SSSR count). The molecule has 2 N–H and O–H groups in total. The number of rotatable bonds is 7. The molecule has 0 heterocycles. The van der Waals surface area contributed by atoms with Gasteiger partial charge in [0.25, 0.3) is 0 Å². The number of benzene rings is 1. The summed E-state index contributed by atoms with van der Waals surface area (Å²) in [6.07, 6.45) is 0. The third-order valence-electron chi connectivity index (χ3n) is 3.20. The van der Waals surface area contributed by atoms with Crippen LogP contribution in [0, 0.1) is 0 Å². The lowest BCUT2D eigenvalue weighted by molar-refractivity contribution is -0.131. The molecule has 1 aromatic rings. The van der Waals surface area contributed by atoms with Crippen LogP contribution in [0.5, 0.6) is 0 Å². The Hall–Kier alpha value is -1.39. The van der Waals surface area contributed by atoms with Crippen LogP contribution in [0.2, 0.25) is 0 Å². The predicted molar refractivity (Wildman–Crippen MR) is 78.6 cm³/mol. The van der Waals surface area contributed by atoms with Gasteiger partial charge in [0, 0.05) is 26.2 Å². The minimum absolute atomic E-state index is 0.183. The van der Waals surface area contributed by atoms with E-state index in [1.807, 2.05) is 42.8 Å². The molecule has 0 spiro atoms. The van der Waals surface area contributed by atoms with E-state index in [1.165, 1.54) is 5.56 Å². The Kier molecular flexibility index (Phi) is 6.53. The first kappa shape index (κ1) is 15.7. The summed E-state index contributed by atoms with van der Waals surface area (Å²) in [5.41, 5.74) is 7.95. The highest BCUT2D eigenvalue weighted by Crippen LogP contribution is 2.07. The number of hydrogen-bond acceptors (Lipinski definition) is 3. The van der Waals surface area contributed by atoms with Crippen molar-refractivity contribution in [1.82, 2.24) is 9.80 Å². The minimum Gasteiger partial charge on any atom is -0.342 e. The van der Waals surface area contributed by atoms with E-state index in [2.05, 4.69) is 12.1 Å². The minimum atomic E-state index is 0.183. The average molecular weight is 263 g/mol. The molecular formula is C15H25N3O. The van der Waals surface area contributed by atoms with E-state index in [0.717, 1.165) is 25.2 Å².